The normalized spacial score (nSPS) is 22.7. The highest BCUT2D eigenvalue weighted by atomic mass is 35.5. The summed E-state index contributed by atoms with van der Waals surface area (Å²) < 4.78 is 46.6. The summed E-state index contributed by atoms with van der Waals surface area (Å²) in [5.41, 5.74) is 0.475. The van der Waals surface area contributed by atoms with Gasteiger partial charge in [-0.25, -0.2) is 22.0 Å². The predicted octanol–water partition coefficient (Wildman–Crippen LogP) is 0.0827. The first-order valence-electron chi connectivity index (χ1n) is 4.83. The second kappa shape index (κ2) is 5.06. The average Bonchev–Trinajstić information content (AvgIpc) is 2.57. The fraction of sp³-hybridized carbons (Fsp3) is 0.500. The van der Waals surface area contributed by atoms with Gasteiger partial charge in [-0.15, -0.1) is 23.7 Å². The number of rotatable bonds is 1. The molecule has 1 unspecified atom stereocenters. The van der Waals surface area contributed by atoms with Gasteiger partial charge in [0.1, 0.15) is 8.42 Å². The van der Waals surface area contributed by atoms with Crippen LogP contribution in [0.4, 0.5) is 0 Å². The predicted molar refractivity (Wildman–Crippen MR) is 71.3 cm³/mol. The molecule has 0 aromatic carbocycles. The summed E-state index contributed by atoms with van der Waals surface area (Å²) in [4.78, 5) is 0. The molecule has 104 valence electrons. The van der Waals surface area contributed by atoms with Crippen LogP contribution >= 0.6 is 23.7 Å². The lowest BCUT2D eigenvalue weighted by Gasteiger charge is -2.07. The van der Waals surface area contributed by atoms with Crippen LogP contribution in [0.5, 0.6) is 0 Å². The van der Waals surface area contributed by atoms with Gasteiger partial charge < -0.3 is 5.32 Å². The summed E-state index contributed by atoms with van der Waals surface area (Å²) in [6.07, 6.45) is 0. The quantitative estimate of drug-likeness (QED) is 0.757. The van der Waals surface area contributed by atoms with Crippen LogP contribution in [0, 0.1) is 0 Å². The lowest BCUT2D eigenvalue weighted by atomic mass is 10.3. The summed E-state index contributed by atoms with van der Waals surface area (Å²) in [6, 6.07) is 1.33. The largest absolute Gasteiger partial charge is 0.311 e. The third-order valence-electron chi connectivity index (χ3n) is 2.56. The Labute approximate surface area is 116 Å². The van der Waals surface area contributed by atoms with Crippen molar-refractivity contribution in [2.45, 2.75) is 27.1 Å². The molecule has 6 nitrogen and oxygen atoms in total. The summed E-state index contributed by atoms with van der Waals surface area (Å²) in [7, 11) is -7.31. The van der Waals surface area contributed by atoms with Gasteiger partial charge in [0.05, 0.1) is 5.25 Å². The second-order valence-corrected chi connectivity index (χ2v) is 9.31. The Bertz CT molecular complexity index is 650. The van der Waals surface area contributed by atoms with E-state index in [4.69, 9.17) is 5.14 Å². The smallest absolute Gasteiger partial charge is 0.247 e. The lowest BCUT2D eigenvalue weighted by Crippen LogP contribution is -2.27. The summed E-state index contributed by atoms with van der Waals surface area (Å²) in [5, 5.41) is 7.39. The van der Waals surface area contributed by atoms with E-state index >= 15 is 0 Å². The zero-order chi connectivity index (χ0) is 12.8. The van der Waals surface area contributed by atoms with E-state index in [9.17, 15) is 16.8 Å². The van der Waals surface area contributed by atoms with Crippen molar-refractivity contribution in [3.05, 3.63) is 11.6 Å². The minimum atomic E-state index is -3.85. The third-order valence-corrected chi connectivity index (χ3v) is 7.91. The number of sulfonamides is 1. The first-order valence-corrected chi connectivity index (χ1v) is 8.74. The zero-order valence-corrected chi connectivity index (χ0v) is 12.7. The van der Waals surface area contributed by atoms with Gasteiger partial charge in [0.2, 0.25) is 10.0 Å². The monoisotopic (exact) mass is 332 g/mol. The van der Waals surface area contributed by atoms with Crippen molar-refractivity contribution >= 4 is 43.6 Å². The molecule has 18 heavy (non-hydrogen) atoms. The first kappa shape index (κ1) is 15.9. The Balaban J connectivity index is 0.00000162. The average molecular weight is 333 g/mol. The van der Waals surface area contributed by atoms with Crippen LogP contribution in [-0.2, 0) is 26.4 Å². The second-order valence-electron chi connectivity index (χ2n) is 3.91. The molecule has 2 rings (SSSR count). The van der Waals surface area contributed by atoms with Crippen LogP contribution in [0.2, 0.25) is 0 Å². The van der Waals surface area contributed by atoms with Crippen LogP contribution in [0.1, 0.15) is 12.5 Å². The number of hydrogen-bond acceptors (Lipinski definition) is 6. The number of primary sulfonamides is 1. The Morgan fingerprint density at radius 3 is 2.67 bits per heavy atom. The molecule has 0 aliphatic carbocycles. The molecule has 1 aliphatic heterocycles. The van der Waals surface area contributed by atoms with Crippen LogP contribution in [-0.4, -0.2) is 28.6 Å². The molecule has 0 bridgehead atoms. The topological polar surface area (TPSA) is 106 Å². The number of hydrogen-bond donors (Lipinski definition) is 2. The molecule has 0 saturated heterocycles. The van der Waals surface area contributed by atoms with Crippen molar-refractivity contribution in [2.24, 2.45) is 5.14 Å². The van der Waals surface area contributed by atoms with E-state index < -0.39 is 25.1 Å². The Hall–Kier alpha value is -0.190. The van der Waals surface area contributed by atoms with Crippen molar-refractivity contribution in [2.75, 3.05) is 6.54 Å². The van der Waals surface area contributed by atoms with Crippen LogP contribution < -0.4 is 10.5 Å². The summed E-state index contributed by atoms with van der Waals surface area (Å²) in [5.74, 6) is 0. The van der Waals surface area contributed by atoms with E-state index in [-0.39, 0.29) is 20.8 Å². The van der Waals surface area contributed by atoms with Gasteiger partial charge in [-0.05, 0) is 18.6 Å². The number of nitrogens with one attached hydrogen (secondary N) is 1. The molecule has 0 spiro atoms. The first-order chi connectivity index (χ1) is 7.73. The van der Waals surface area contributed by atoms with E-state index in [0.717, 1.165) is 11.3 Å². The zero-order valence-electron chi connectivity index (χ0n) is 9.41. The van der Waals surface area contributed by atoms with Gasteiger partial charge >= 0.3 is 0 Å². The maximum atomic E-state index is 12.1. The Kier molecular flexibility index (Phi) is 4.46. The highest BCUT2D eigenvalue weighted by molar-refractivity contribution is 7.95. The van der Waals surface area contributed by atoms with Gasteiger partial charge in [0.15, 0.2) is 9.84 Å². The molecule has 2 heterocycles. The van der Waals surface area contributed by atoms with E-state index in [0.29, 0.717) is 18.7 Å². The fourth-order valence-corrected chi connectivity index (χ4v) is 5.85. The minimum absolute atomic E-state index is 0. The van der Waals surface area contributed by atoms with Crippen molar-refractivity contribution < 1.29 is 16.8 Å². The maximum Gasteiger partial charge on any atom is 0.247 e. The Morgan fingerprint density at radius 1 is 1.50 bits per heavy atom. The third kappa shape index (κ3) is 2.70. The van der Waals surface area contributed by atoms with Crippen LogP contribution in [0.3, 0.4) is 0 Å². The molecule has 1 aromatic rings. The highest BCUT2D eigenvalue weighted by Crippen LogP contribution is 2.33. The lowest BCUT2D eigenvalue weighted by molar-refractivity contribution is 0.581. The van der Waals surface area contributed by atoms with Gasteiger partial charge in [-0.2, -0.15) is 0 Å². The van der Waals surface area contributed by atoms with E-state index in [1.54, 1.807) is 6.92 Å². The molecule has 0 radical (unpaired) electrons. The minimum Gasteiger partial charge on any atom is -0.311 e. The summed E-state index contributed by atoms with van der Waals surface area (Å²) >= 11 is 0.725. The molecule has 1 atom stereocenters. The van der Waals surface area contributed by atoms with Gasteiger partial charge in [0, 0.05) is 13.1 Å². The summed E-state index contributed by atoms with van der Waals surface area (Å²) in [6.45, 7) is 2.28. The molecule has 0 saturated carbocycles. The molecule has 3 N–H and O–H groups in total. The van der Waals surface area contributed by atoms with Crippen molar-refractivity contribution in [1.82, 2.24) is 5.32 Å². The number of nitrogens with two attached hydrogens (primary N) is 1. The number of fused-ring (bicyclic) bond motifs is 1. The van der Waals surface area contributed by atoms with Gasteiger partial charge in [-0.3, -0.25) is 0 Å². The van der Waals surface area contributed by atoms with Gasteiger partial charge in [0.25, 0.3) is 0 Å². The van der Waals surface area contributed by atoms with Crippen molar-refractivity contribution in [1.29, 1.82) is 0 Å². The molecule has 1 aromatic heterocycles. The molecule has 0 amide bonds. The molecular formula is C8H13ClN2O4S3. The van der Waals surface area contributed by atoms with Crippen molar-refractivity contribution in [3.8, 4) is 0 Å². The molecule has 0 fully saturated rings. The SMILES string of the molecule is CC1CNCc2cc(S(N)(=O)=O)sc2S1(=O)=O.Cl. The molecular weight excluding hydrogens is 320 g/mol. The Morgan fingerprint density at radius 2 is 2.11 bits per heavy atom. The fourth-order valence-electron chi connectivity index (χ4n) is 1.59. The van der Waals surface area contributed by atoms with E-state index in [1.165, 1.54) is 6.07 Å². The highest BCUT2D eigenvalue weighted by Gasteiger charge is 2.32. The van der Waals surface area contributed by atoms with E-state index in [2.05, 4.69) is 5.32 Å². The van der Waals surface area contributed by atoms with Crippen LogP contribution in [0.15, 0.2) is 14.5 Å². The number of thiophene rings is 1. The number of halogens is 1. The standard InChI is InChI=1S/C8H12N2O4S3.ClH/c1-5-3-10-4-6-2-7(17(9,13)14)15-8(6)16(5,11)12;/h2,5,10H,3-4H2,1H3,(H2,9,13,14);1H. The maximum absolute atomic E-state index is 12.1. The molecule has 1 aliphatic rings. The number of sulfone groups is 1. The van der Waals surface area contributed by atoms with Crippen LogP contribution in [0.25, 0.3) is 0 Å². The molecule has 10 heteroatoms. The van der Waals surface area contributed by atoms with Crippen molar-refractivity contribution in [3.63, 3.8) is 0 Å². The van der Waals surface area contributed by atoms with Gasteiger partial charge in [-0.1, -0.05) is 0 Å². The van der Waals surface area contributed by atoms with E-state index in [1.807, 2.05) is 0 Å².